The zero-order chi connectivity index (χ0) is 14.6. The van der Waals surface area contributed by atoms with Crippen molar-refractivity contribution < 1.29 is 4.79 Å². The number of hydrogen-bond donors (Lipinski definition) is 3. The molecule has 20 heavy (non-hydrogen) atoms. The zero-order valence-corrected chi connectivity index (χ0v) is 12.5. The summed E-state index contributed by atoms with van der Waals surface area (Å²) in [6, 6.07) is 5.46. The lowest BCUT2D eigenvalue weighted by Crippen LogP contribution is -2.24. The van der Waals surface area contributed by atoms with Gasteiger partial charge in [-0.05, 0) is 43.4 Å². The van der Waals surface area contributed by atoms with Gasteiger partial charge in [0.15, 0.2) is 0 Å². The minimum absolute atomic E-state index is 0.0755. The molecule has 110 valence electrons. The van der Waals surface area contributed by atoms with E-state index in [1.54, 1.807) is 6.07 Å². The average molecular weight is 275 g/mol. The molecule has 0 aliphatic heterocycles. The fourth-order valence-electron chi connectivity index (χ4n) is 2.84. The van der Waals surface area contributed by atoms with E-state index in [0.29, 0.717) is 23.2 Å². The molecule has 1 aliphatic rings. The maximum absolute atomic E-state index is 11.7. The summed E-state index contributed by atoms with van der Waals surface area (Å²) in [5, 5.41) is 6.21. The predicted molar refractivity (Wildman–Crippen MR) is 83.9 cm³/mol. The Balaban J connectivity index is 2.00. The minimum atomic E-state index is -0.0755. The van der Waals surface area contributed by atoms with Gasteiger partial charge in [-0.1, -0.05) is 19.8 Å². The van der Waals surface area contributed by atoms with Gasteiger partial charge in [0.1, 0.15) is 0 Å². The predicted octanol–water partition coefficient (Wildman–Crippen LogP) is 3.01. The minimum Gasteiger partial charge on any atom is -0.397 e. The summed E-state index contributed by atoms with van der Waals surface area (Å²) < 4.78 is 0. The van der Waals surface area contributed by atoms with Gasteiger partial charge in [0.2, 0.25) is 0 Å². The van der Waals surface area contributed by atoms with Gasteiger partial charge in [-0.15, -0.1) is 0 Å². The number of anilines is 2. The molecule has 1 amide bonds. The first-order valence-electron chi connectivity index (χ1n) is 7.46. The van der Waals surface area contributed by atoms with Crippen LogP contribution in [0.2, 0.25) is 0 Å². The second-order valence-corrected chi connectivity index (χ2v) is 6.03. The second-order valence-electron chi connectivity index (χ2n) is 6.03. The summed E-state index contributed by atoms with van der Waals surface area (Å²) >= 11 is 0. The first-order valence-corrected chi connectivity index (χ1v) is 7.46. The SMILES string of the molecule is CCNC(=O)c1ccc(NCC2(C)CCCC2)c(N)c1. The van der Waals surface area contributed by atoms with Crippen LogP contribution in [-0.4, -0.2) is 19.0 Å². The van der Waals surface area contributed by atoms with Crippen molar-refractivity contribution in [1.82, 2.24) is 5.32 Å². The molecule has 0 saturated heterocycles. The van der Waals surface area contributed by atoms with Gasteiger partial charge >= 0.3 is 0 Å². The van der Waals surface area contributed by atoms with E-state index in [-0.39, 0.29) is 5.91 Å². The van der Waals surface area contributed by atoms with Crippen LogP contribution in [0.25, 0.3) is 0 Å². The van der Waals surface area contributed by atoms with Crippen LogP contribution in [0.4, 0.5) is 11.4 Å². The molecular formula is C16H25N3O. The third-order valence-electron chi connectivity index (χ3n) is 4.17. The Morgan fingerprint density at radius 2 is 2.05 bits per heavy atom. The molecule has 0 bridgehead atoms. The Labute approximate surface area is 121 Å². The fraction of sp³-hybridized carbons (Fsp3) is 0.562. The number of carbonyl (C=O) groups excluding carboxylic acids is 1. The van der Waals surface area contributed by atoms with Crippen LogP contribution in [0.3, 0.4) is 0 Å². The highest BCUT2D eigenvalue weighted by Gasteiger charge is 2.28. The summed E-state index contributed by atoms with van der Waals surface area (Å²) in [6.07, 6.45) is 5.20. The summed E-state index contributed by atoms with van der Waals surface area (Å²) in [5.74, 6) is -0.0755. The summed E-state index contributed by atoms with van der Waals surface area (Å²) in [7, 11) is 0. The molecule has 4 N–H and O–H groups in total. The molecular weight excluding hydrogens is 250 g/mol. The van der Waals surface area contributed by atoms with Crippen molar-refractivity contribution in [2.45, 2.75) is 39.5 Å². The lowest BCUT2D eigenvalue weighted by Gasteiger charge is -2.25. The first kappa shape index (κ1) is 14.7. The van der Waals surface area contributed by atoms with Gasteiger partial charge in [-0.3, -0.25) is 4.79 Å². The number of hydrogen-bond acceptors (Lipinski definition) is 3. The number of amides is 1. The van der Waals surface area contributed by atoms with Crippen molar-refractivity contribution >= 4 is 17.3 Å². The summed E-state index contributed by atoms with van der Waals surface area (Å²) in [5.41, 5.74) is 8.59. The van der Waals surface area contributed by atoms with E-state index in [1.807, 2.05) is 19.1 Å². The van der Waals surface area contributed by atoms with E-state index < -0.39 is 0 Å². The lowest BCUT2D eigenvalue weighted by atomic mass is 9.89. The summed E-state index contributed by atoms with van der Waals surface area (Å²) in [4.78, 5) is 11.7. The molecule has 0 heterocycles. The monoisotopic (exact) mass is 275 g/mol. The zero-order valence-electron chi connectivity index (χ0n) is 12.5. The topological polar surface area (TPSA) is 67.2 Å². The normalized spacial score (nSPS) is 16.9. The number of rotatable bonds is 5. The molecule has 1 fully saturated rings. The van der Waals surface area contributed by atoms with Crippen molar-refractivity contribution in [2.75, 3.05) is 24.1 Å². The third-order valence-corrected chi connectivity index (χ3v) is 4.17. The largest absolute Gasteiger partial charge is 0.397 e. The highest BCUT2D eigenvalue weighted by Crippen LogP contribution is 2.37. The molecule has 0 aromatic heterocycles. The van der Waals surface area contributed by atoms with Crippen LogP contribution >= 0.6 is 0 Å². The van der Waals surface area contributed by atoms with E-state index in [0.717, 1.165) is 12.2 Å². The molecule has 1 aliphatic carbocycles. The Morgan fingerprint density at radius 1 is 1.35 bits per heavy atom. The number of nitrogens with one attached hydrogen (secondary N) is 2. The fourth-order valence-corrected chi connectivity index (χ4v) is 2.84. The van der Waals surface area contributed by atoms with Gasteiger partial charge in [0, 0.05) is 18.7 Å². The molecule has 0 unspecified atom stereocenters. The third kappa shape index (κ3) is 3.44. The van der Waals surface area contributed by atoms with E-state index in [1.165, 1.54) is 25.7 Å². The maximum atomic E-state index is 11.7. The van der Waals surface area contributed by atoms with Gasteiger partial charge in [-0.2, -0.15) is 0 Å². The van der Waals surface area contributed by atoms with Crippen molar-refractivity contribution in [1.29, 1.82) is 0 Å². The van der Waals surface area contributed by atoms with Crippen molar-refractivity contribution in [3.63, 3.8) is 0 Å². The molecule has 0 radical (unpaired) electrons. The number of benzene rings is 1. The second kappa shape index (κ2) is 6.16. The van der Waals surface area contributed by atoms with Crippen LogP contribution in [0.1, 0.15) is 49.9 Å². The van der Waals surface area contributed by atoms with Crippen LogP contribution in [-0.2, 0) is 0 Å². The van der Waals surface area contributed by atoms with Crippen LogP contribution in [0, 0.1) is 5.41 Å². The van der Waals surface area contributed by atoms with Crippen LogP contribution in [0.5, 0.6) is 0 Å². The van der Waals surface area contributed by atoms with Crippen molar-refractivity contribution in [2.24, 2.45) is 5.41 Å². The molecule has 1 aromatic rings. The van der Waals surface area contributed by atoms with Crippen molar-refractivity contribution in [3.8, 4) is 0 Å². The van der Waals surface area contributed by atoms with E-state index >= 15 is 0 Å². The van der Waals surface area contributed by atoms with Crippen molar-refractivity contribution in [3.05, 3.63) is 23.8 Å². The van der Waals surface area contributed by atoms with E-state index in [4.69, 9.17) is 5.73 Å². The molecule has 1 aromatic carbocycles. The molecule has 4 heteroatoms. The molecule has 0 spiro atoms. The smallest absolute Gasteiger partial charge is 0.251 e. The van der Waals surface area contributed by atoms with Gasteiger partial charge in [-0.25, -0.2) is 0 Å². The highest BCUT2D eigenvalue weighted by atomic mass is 16.1. The quantitative estimate of drug-likeness (QED) is 0.724. The Hall–Kier alpha value is -1.71. The van der Waals surface area contributed by atoms with Crippen LogP contribution < -0.4 is 16.4 Å². The molecule has 2 rings (SSSR count). The Bertz CT molecular complexity index is 479. The first-order chi connectivity index (χ1) is 9.54. The molecule has 4 nitrogen and oxygen atoms in total. The Kier molecular flexibility index (Phi) is 4.53. The Morgan fingerprint density at radius 3 is 2.65 bits per heavy atom. The number of nitrogen functional groups attached to an aromatic ring is 1. The molecule has 1 saturated carbocycles. The lowest BCUT2D eigenvalue weighted by molar-refractivity contribution is 0.0956. The van der Waals surface area contributed by atoms with E-state index in [9.17, 15) is 4.79 Å². The number of carbonyl (C=O) groups is 1. The van der Waals surface area contributed by atoms with Gasteiger partial charge in [0.25, 0.3) is 5.91 Å². The van der Waals surface area contributed by atoms with E-state index in [2.05, 4.69) is 17.6 Å². The average Bonchev–Trinajstić information content (AvgIpc) is 2.85. The highest BCUT2D eigenvalue weighted by molar-refractivity contribution is 5.96. The standard InChI is InChI=1S/C16H25N3O/c1-3-18-15(20)12-6-7-14(13(17)10-12)19-11-16(2)8-4-5-9-16/h6-7,10,19H,3-5,8-9,11,17H2,1-2H3,(H,18,20). The summed E-state index contributed by atoms with van der Waals surface area (Å²) in [6.45, 7) is 5.79. The van der Waals surface area contributed by atoms with Crippen LogP contribution in [0.15, 0.2) is 18.2 Å². The van der Waals surface area contributed by atoms with Gasteiger partial charge in [0.05, 0.1) is 11.4 Å². The maximum Gasteiger partial charge on any atom is 0.251 e. The molecule has 0 atom stereocenters. The van der Waals surface area contributed by atoms with Gasteiger partial charge < -0.3 is 16.4 Å². The number of nitrogens with two attached hydrogens (primary N) is 1.